The predicted molar refractivity (Wildman–Crippen MR) is 104 cm³/mol. The molecule has 0 aliphatic heterocycles. The first kappa shape index (κ1) is 27.7. The number of carboxylic acids is 3. The third-order valence-electron chi connectivity index (χ3n) is 4.06. The Kier molecular flexibility index (Phi) is 12.4. The van der Waals surface area contributed by atoms with E-state index in [1.807, 2.05) is 5.32 Å². The summed E-state index contributed by atoms with van der Waals surface area (Å²) in [4.78, 5) is 69.2. The molecule has 31 heavy (non-hydrogen) atoms. The second kappa shape index (κ2) is 13.9. The largest absolute Gasteiger partial charge is 0.481 e. The molecular formula is C17H29N5O9. The molecule has 0 saturated carbocycles. The summed E-state index contributed by atoms with van der Waals surface area (Å²) in [5.41, 5.74) is 10.9. The van der Waals surface area contributed by atoms with E-state index >= 15 is 0 Å². The number of unbranched alkanes of at least 4 members (excludes halogenated alkanes) is 1. The Balaban J connectivity index is 5.10. The summed E-state index contributed by atoms with van der Waals surface area (Å²) < 4.78 is 0. The van der Waals surface area contributed by atoms with Crippen molar-refractivity contribution in [2.24, 2.45) is 11.5 Å². The summed E-state index contributed by atoms with van der Waals surface area (Å²) in [6, 6.07) is -5.50. The molecule has 0 saturated heterocycles. The van der Waals surface area contributed by atoms with Crippen LogP contribution in [0.25, 0.3) is 0 Å². The van der Waals surface area contributed by atoms with Crippen molar-refractivity contribution in [3.05, 3.63) is 0 Å². The molecule has 0 heterocycles. The van der Waals surface area contributed by atoms with Crippen molar-refractivity contribution < 1.29 is 44.1 Å². The fraction of sp³-hybridized carbons (Fsp3) is 0.647. The third-order valence-corrected chi connectivity index (χ3v) is 4.06. The van der Waals surface area contributed by atoms with Gasteiger partial charge >= 0.3 is 17.9 Å². The number of carbonyl (C=O) groups is 6. The standard InChI is InChI=1S/C17H29N5O9/c1-8(14(27)22-11(17(30)31)7-13(25)26)20-16(29)10(4-2-3-5-18)21-15(28)9(19)6-12(23)24/h8-11H,2-7,18-19H2,1H3,(H,20,29)(H,21,28)(H,22,27)(H,23,24)(H,25,26)(H,30,31). The van der Waals surface area contributed by atoms with Crippen LogP contribution in [0, 0.1) is 0 Å². The average molecular weight is 447 g/mol. The zero-order valence-electron chi connectivity index (χ0n) is 17.0. The molecule has 0 aromatic rings. The minimum atomic E-state index is -1.70. The zero-order valence-corrected chi connectivity index (χ0v) is 17.0. The van der Waals surface area contributed by atoms with E-state index in [1.54, 1.807) is 0 Å². The first-order chi connectivity index (χ1) is 14.4. The summed E-state index contributed by atoms with van der Waals surface area (Å²) in [5, 5.41) is 33.0. The van der Waals surface area contributed by atoms with Crippen molar-refractivity contribution in [1.82, 2.24) is 16.0 Å². The van der Waals surface area contributed by atoms with Crippen molar-refractivity contribution in [2.75, 3.05) is 6.54 Å². The van der Waals surface area contributed by atoms with Gasteiger partial charge in [0.05, 0.1) is 18.9 Å². The number of nitrogens with one attached hydrogen (secondary N) is 3. The number of hydrogen-bond donors (Lipinski definition) is 8. The minimum absolute atomic E-state index is 0.125. The number of rotatable bonds is 15. The summed E-state index contributed by atoms with van der Waals surface area (Å²) in [7, 11) is 0. The molecule has 14 heteroatoms. The summed E-state index contributed by atoms with van der Waals surface area (Å²) in [5.74, 6) is -6.91. The second-order valence-corrected chi connectivity index (χ2v) is 6.78. The van der Waals surface area contributed by atoms with Gasteiger partial charge in [0.1, 0.15) is 18.1 Å². The molecule has 3 amide bonds. The van der Waals surface area contributed by atoms with Gasteiger partial charge < -0.3 is 42.7 Å². The minimum Gasteiger partial charge on any atom is -0.481 e. The Morgan fingerprint density at radius 1 is 0.774 bits per heavy atom. The van der Waals surface area contributed by atoms with Crippen LogP contribution in [0.1, 0.15) is 39.0 Å². The van der Waals surface area contributed by atoms with Crippen molar-refractivity contribution in [3.8, 4) is 0 Å². The lowest BCUT2D eigenvalue weighted by molar-refractivity contribution is -0.147. The number of nitrogens with two attached hydrogens (primary N) is 2. The van der Waals surface area contributed by atoms with E-state index in [2.05, 4.69) is 10.6 Å². The van der Waals surface area contributed by atoms with Crippen LogP contribution in [-0.4, -0.2) is 81.7 Å². The first-order valence-electron chi connectivity index (χ1n) is 9.42. The summed E-state index contributed by atoms with van der Waals surface area (Å²) in [6.45, 7) is 1.57. The molecule has 4 atom stereocenters. The Labute approximate surface area is 177 Å². The van der Waals surface area contributed by atoms with Crippen LogP contribution in [0.3, 0.4) is 0 Å². The number of aliphatic carboxylic acids is 3. The number of hydrogen-bond acceptors (Lipinski definition) is 8. The molecule has 0 aliphatic carbocycles. The van der Waals surface area contributed by atoms with Crippen LogP contribution in [0.5, 0.6) is 0 Å². The molecule has 0 bridgehead atoms. The highest BCUT2D eigenvalue weighted by atomic mass is 16.4. The molecule has 0 spiro atoms. The van der Waals surface area contributed by atoms with E-state index in [-0.39, 0.29) is 6.42 Å². The van der Waals surface area contributed by atoms with E-state index < -0.39 is 72.6 Å². The SMILES string of the molecule is CC(NC(=O)C(CCCCN)NC(=O)C(N)CC(=O)O)C(=O)NC(CC(=O)O)C(=O)O. The Morgan fingerprint density at radius 3 is 1.81 bits per heavy atom. The van der Waals surface area contributed by atoms with Crippen LogP contribution in [0.2, 0.25) is 0 Å². The Morgan fingerprint density at radius 2 is 1.32 bits per heavy atom. The fourth-order valence-corrected chi connectivity index (χ4v) is 2.37. The Hall–Kier alpha value is -3.26. The molecule has 0 aliphatic rings. The van der Waals surface area contributed by atoms with E-state index in [0.717, 1.165) is 0 Å². The number of amides is 3. The lowest BCUT2D eigenvalue weighted by Crippen LogP contribution is -2.56. The third kappa shape index (κ3) is 11.5. The van der Waals surface area contributed by atoms with Gasteiger partial charge in [-0.3, -0.25) is 24.0 Å². The van der Waals surface area contributed by atoms with Gasteiger partial charge in [0, 0.05) is 0 Å². The maximum absolute atomic E-state index is 12.5. The van der Waals surface area contributed by atoms with E-state index in [0.29, 0.717) is 19.4 Å². The summed E-state index contributed by atoms with van der Waals surface area (Å²) >= 11 is 0. The van der Waals surface area contributed by atoms with Gasteiger partial charge in [-0.05, 0) is 32.7 Å². The number of carboxylic acid groups (broad SMARTS) is 3. The van der Waals surface area contributed by atoms with E-state index in [1.165, 1.54) is 6.92 Å². The van der Waals surface area contributed by atoms with Crippen molar-refractivity contribution >= 4 is 35.6 Å². The molecule has 0 radical (unpaired) electrons. The molecule has 14 nitrogen and oxygen atoms in total. The molecule has 0 aromatic heterocycles. The second-order valence-electron chi connectivity index (χ2n) is 6.78. The van der Waals surface area contributed by atoms with E-state index in [9.17, 15) is 28.8 Å². The van der Waals surface area contributed by atoms with E-state index in [4.69, 9.17) is 26.8 Å². The maximum atomic E-state index is 12.5. The smallest absolute Gasteiger partial charge is 0.326 e. The van der Waals surface area contributed by atoms with Crippen LogP contribution < -0.4 is 27.4 Å². The van der Waals surface area contributed by atoms with Crippen LogP contribution >= 0.6 is 0 Å². The van der Waals surface area contributed by atoms with Crippen LogP contribution in [0.15, 0.2) is 0 Å². The average Bonchev–Trinajstić information content (AvgIpc) is 2.65. The highest BCUT2D eigenvalue weighted by Gasteiger charge is 2.29. The highest BCUT2D eigenvalue weighted by Crippen LogP contribution is 2.03. The highest BCUT2D eigenvalue weighted by molar-refractivity contribution is 5.95. The van der Waals surface area contributed by atoms with Crippen molar-refractivity contribution in [3.63, 3.8) is 0 Å². The monoisotopic (exact) mass is 447 g/mol. The van der Waals surface area contributed by atoms with Crippen molar-refractivity contribution in [2.45, 2.75) is 63.2 Å². The van der Waals surface area contributed by atoms with Gasteiger partial charge in [-0.1, -0.05) is 0 Å². The molecule has 0 fully saturated rings. The van der Waals surface area contributed by atoms with Crippen LogP contribution in [-0.2, 0) is 28.8 Å². The van der Waals surface area contributed by atoms with Crippen molar-refractivity contribution in [1.29, 1.82) is 0 Å². The Bertz CT molecular complexity index is 685. The summed E-state index contributed by atoms with van der Waals surface area (Å²) in [6.07, 6.45) is -0.418. The van der Waals surface area contributed by atoms with Gasteiger partial charge in [-0.2, -0.15) is 0 Å². The predicted octanol–water partition coefficient (Wildman–Crippen LogP) is -3.05. The molecule has 176 valence electrons. The number of carbonyl (C=O) groups excluding carboxylic acids is 3. The fourth-order valence-electron chi connectivity index (χ4n) is 2.37. The molecule has 0 aromatic carbocycles. The quantitative estimate of drug-likeness (QED) is 0.117. The lowest BCUT2D eigenvalue weighted by Gasteiger charge is -2.23. The molecular weight excluding hydrogens is 418 g/mol. The first-order valence-corrected chi connectivity index (χ1v) is 9.42. The van der Waals surface area contributed by atoms with Gasteiger partial charge in [0.15, 0.2) is 0 Å². The molecule has 0 rings (SSSR count). The lowest BCUT2D eigenvalue weighted by atomic mass is 10.1. The van der Waals surface area contributed by atoms with Gasteiger partial charge in [0.2, 0.25) is 17.7 Å². The molecule has 4 unspecified atom stereocenters. The maximum Gasteiger partial charge on any atom is 0.326 e. The molecule has 10 N–H and O–H groups in total. The zero-order chi connectivity index (χ0) is 24.1. The topological polar surface area (TPSA) is 251 Å². The van der Waals surface area contributed by atoms with Gasteiger partial charge in [-0.25, -0.2) is 4.79 Å². The van der Waals surface area contributed by atoms with Gasteiger partial charge in [0.25, 0.3) is 0 Å². The van der Waals surface area contributed by atoms with Gasteiger partial charge in [-0.15, -0.1) is 0 Å². The van der Waals surface area contributed by atoms with Crippen LogP contribution in [0.4, 0.5) is 0 Å². The normalized spacial score (nSPS) is 14.4.